The molecule has 3 aromatic heterocycles. The molecule has 0 saturated carbocycles. The zero-order chi connectivity index (χ0) is 53.9. The van der Waals surface area contributed by atoms with Crippen LogP contribution in [0.15, 0.2) is 217 Å². The molecule has 1 unspecified atom stereocenters. The SMILES string of the molecule is Cc1c[c-]c(-c2nc3c4ccccc4c4ccccc4c3n2-c2cc(-c3ccccc3)c(F)cc2-c2ccccc2)c2oc3cc(-c4ccccc4)ccc3c12.[2H]C(C)(c1cc(-c2[c-]cccc2)ncc1[Si](C)(C)C)C(C)C.[Ir]. The van der Waals surface area contributed by atoms with E-state index in [0.29, 0.717) is 17.0 Å². The monoisotopic (exact) mass is 1210 g/mol. The summed E-state index contributed by atoms with van der Waals surface area (Å²) in [5, 5.41) is 7.66. The Morgan fingerprint density at radius 2 is 1.22 bits per heavy atom. The first-order valence-corrected chi connectivity index (χ1v) is 29.9. The van der Waals surface area contributed by atoms with Crippen molar-refractivity contribution in [1.82, 2.24) is 14.5 Å². The zero-order valence-corrected chi connectivity index (χ0v) is 48.1. The topological polar surface area (TPSA) is 43.9 Å². The van der Waals surface area contributed by atoms with E-state index in [1.54, 1.807) is 6.07 Å². The molecule has 13 rings (SSSR count). The minimum atomic E-state index is -1.55. The third-order valence-corrected chi connectivity index (χ3v) is 17.1. The van der Waals surface area contributed by atoms with E-state index in [1.807, 2.05) is 116 Å². The first-order valence-electron chi connectivity index (χ1n) is 26.9. The van der Waals surface area contributed by atoms with Gasteiger partial charge in [0.15, 0.2) is 0 Å². The fourth-order valence-corrected chi connectivity index (χ4v) is 12.4. The molecule has 1 atom stereocenters. The van der Waals surface area contributed by atoms with E-state index in [-0.39, 0.29) is 31.8 Å². The second kappa shape index (κ2) is 21.4. The summed E-state index contributed by atoms with van der Waals surface area (Å²) in [5.41, 5.74) is 14.1. The Morgan fingerprint density at radius 3 is 1.86 bits per heavy atom. The number of aromatic nitrogens is 3. The van der Waals surface area contributed by atoms with Crippen LogP contribution in [0.1, 0.15) is 39.2 Å². The number of imidazole rings is 1. The van der Waals surface area contributed by atoms with Gasteiger partial charge in [0, 0.05) is 60.6 Å². The van der Waals surface area contributed by atoms with E-state index >= 15 is 4.39 Å². The van der Waals surface area contributed by atoms with E-state index in [9.17, 15) is 0 Å². The van der Waals surface area contributed by atoms with Crippen molar-refractivity contribution in [3.63, 3.8) is 0 Å². The van der Waals surface area contributed by atoms with Gasteiger partial charge in [-0.2, -0.15) is 0 Å². The molecule has 13 aromatic rings. The third-order valence-electron chi connectivity index (χ3n) is 15.1. The van der Waals surface area contributed by atoms with Gasteiger partial charge in [-0.25, -0.2) is 4.39 Å². The molecule has 78 heavy (non-hydrogen) atoms. The molecule has 0 bridgehead atoms. The first-order chi connectivity index (χ1) is 37.8. The molecule has 4 nitrogen and oxygen atoms in total. The second-order valence-corrected chi connectivity index (χ2v) is 26.4. The maximum absolute atomic E-state index is 16.5. The Hall–Kier alpha value is -8.06. The molecule has 1 radical (unpaired) electrons. The van der Waals surface area contributed by atoms with Gasteiger partial charge >= 0.3 is 0 Å². The van der Waals surface area contributed by atoms with Gasteiger partial charge in [-0.15, -0.1) is 53.6 Å². The smallest absolute Gasteiger partial charge is 0.131 e. The van der Waals surface area contributed by atoms with Crippen molar-refractivity contribution in [1.29, 1.82) is 0 Å². The van der Waals surface area contributed by atoms with E-state index in [1.165, 1.54) is 5.19 Å². The van der Waals surface area contributed by atoms with Crippen LogP contribution in [0.3, 0.4) is 0 Å². The predicted octanol–water partition coefficient (Wildman–Crippen LogP) is 19.0. The summed E-state index contributed by atoms with van der Waals surface area (Å²) in [6.45, 7) is 15.3. The molecule has 0 aliphatic rings. The van der Waals surface area contributed by atoms with Crippen LogP contribution in [0.25, 0.3) is 116 Å². The fraction of sp³-hybridized carbons (Fsp3) is 0.127. The molecule has 0 amide bonds. The van der Waals surface area contributed by atoms with Crippen LogP contribution in [-0.2, 0) is 20.1 Å². The van der Waals surface area contributed by atoms with Crippen LogP contribution >= 0.6 is 0 Å². The van der Waals surface area contributed by atoms with Gasteiger partial charge in [-0.05, 0) is 73.9 Å². The number of aryl methyl sites for hydroxylation is 1. The van der Waals surface area contributed by atoms with Gasteiger partial charge < -0.3 is 14.0 Å². The number of furan rings is 1. The molecule has 10 aromatic carbocycles. The van der Waals surface area contributed by atoms with Crippen molar-refractivity contribution in [3.8, 4) is 61.7 Å². The summed E-state index contributed by atoms with van der Waals surface area (Å²) >= 11 is 0. The van der Waals surface area contributed by atoms with Gasteiger partial charge in [-0.3, -0.25) is 4.98 Å². The number of nitrogens with zero attached hydrogens (tertiary/aromatic N) is 3. The van der Waals surface area contributed by atoms with Crippen molar-refractivity contribution >= 4 is 67.8 Å². The summed E-state index contributed by atoms with van der Waals surface area (Å²) < 4.78 is 34.6. The van der Waals surface area contributed by atoms with Crippen LogP contribution in [0, 0.1) is 30.8 Å². The molecular weight excluding hydrogens is 1150 g/mol. The Kier molecular flexibility index (Phi) is 13.9. The van der Waals surface area contributed by atoms with Crippen LogP contribution < -0.4 is 5.19 Å². The van der Waals surface area contributed by atoms with Gasteiger partial charge in [0.05, 0.1) is 30.5 Å². The number of pyridine rings is 1. The molecule has 0 aliphatic heterocycles. The number of halogens is 1. The summed E-state index contributed by atoms with van der Waals surface area (Å²) in [6, 6.07) is 76.1. The molecule has 0 fully saturated rings. The molecule has 7 heteroatoms. The number of benzene rings is 10. The predicted molar refractivity (Wildman–Crippen MR) is 323 cm³/mol. The fourth-order valence-electron chi connectivity index (χ4n) is 10.9. The minimum Gasteiger partial charge on any atom is -0.501 e. The molecule has 385 valence electrons. The van der Waals surface area contributed by atoms with Crippen molar-refractivity contribution in [2.75, 3.05) is 0 Å². The summed E-state index contributed by atoms with van der Waals surface area (Å²) in [6.07, 6.45) is 2.01. The molecule has 0 N–H and O–H groups in total. The average Bonchev–Trinajstić information content (AvgIpc) is 4.29. The Balaban J connectivity index is 0.000000243. The van der Waals surface area contributed by atoms with E-state index < -0.39 is 14.0 Å². The summed E-state index contributed by atoms with van der Waals surface area (Å²) in [4.78, 5) is 10.3. The van der Waals surface area contributed by atoms with Crippen LogP contribution in [0.5, 0.6) is 0 Å². The van der Waals surface area contributed by atoms with E-state index in [2.05, 4.69) is 159 Å². The number of hydrogen-bond acceptors (Lipinski definition) is 3. The van der Waals surface area contributed by atoms with Gasteiger partial charge in [-0.1, -0.05) is 222 Å². The normalized spacial score (nSPS) is 12.7. The summed E-state index contributed by atoms with van der Waals surface area (Å²) in [5.74, 6) is 0.00681. The third kappa shape index (κ3) is 9.51. The molecular formula is C71H58FIrN3OSi-2. The Labute approximate surface area is 472 Å². The average molecular weight is 1210 g/mol. The molecule has 3 heterocycles. The van der Waals surface area contributed by atoms with Crippen molar-refractivity contribution in [2.45, 2.75) is 53.2 Å². The van der Waals surface area contributed by atoms with E-state index in [4.69, 9.17) is 10.8 Å². The molecule has 0 aliphatic carbocycles. The Morgan fingerprint density at radius 1 is 0.615 bits per heavy atom. The van der Waals surface area contributed by atoms with Gasteiger partial charge in [0.2, 0.25) is 0 Å². The standard InChI is InChI=1S/C52H32FN2O.C19H26NSi.Ir/c1-32-25-27-42(51-48(32)41-28-26-36(29-47(41)56-51)33-15-5-2-6-16-33)52-54-49-39-23-13-11-21-37(39)38-22-12-14-24-40(38)50(49)55(52)46-31-43(34-17-7-3-8-18-34)45(53)30-44(46)35-19-9-4-10-20-35;1-14(2)15(3)17-12-18(16-10-8-7-9-11-16)20-13-19(17)21(4,5)6;/h2-26,28-31H,1H3;7-10,12-15H,1-6H3;/q2*-1;/i;15D;. The maximum atomic E-state index is 16.5. The van der Waals surface area contributed by atoms with Crippen LogP contribution in [-0.4, -0.2) is 22.6 Å². The van der Waals surface area contributed by atoms with Crippen LogP contribution in [0.2, 0.25) is 19.6 Å². The van der Waals surface area contributed by atoms with Gasteiger partial charge in [0.1, 0.15) is 11.4 Å². The Bertz CT molecular complexity index is 4380. The van der Waals surface area contributed by atoms with E-state index in [0.717, 1.165) is 110 Å². The largest absolute Gasteiger partial charge is 0.501 e. The van der Waals surface area contributed by atoms with Crippen LogP contribution in [0.4, 0.5) is 4.39 Å². The van der Waals surface area contributed by atoms with Crippen molar-refractivity contribution < 1.29 is 30.3 Å². The number of rotatable bonds is 9. The quantitative estimate of drug-likeness (QED) is 0.0822. The summed E-state index contributed by atoms with van der Waals surface area (Å²) in [7, 11) is -1.55. The van der Waals surface area contributed by atoms with Gasteiger partial charge in [0.25, 0.3) is 0 Å². The van der Waals surface area contributed by atoms with Crippen molar-refractivity contribution in [2.24, 2.45) is 5.92 Å². The zero-order valence-electron chi connectivity index (χ0n) is 45.7. The molecule has 0 saturated heterocycles. The first kappa shape index (κ1) is 50.7. The number of fused-ring (bicyclic) bond motifs is 9. The van der Waals surface area contributed by atoms with Crippen molar-refractivity contribution in [3.05, 3.63) is 242 Å². The second-order valence-electron chi connectivity index (χ2n) is 21.3. The molecule has 0 spiro atoms. The minimum absolute atomic E-state index is 0. The maximum Gasteiger partial charge on any atom is 0.131 e. The number of hydrogen-bond donors (Lipinski definition) is 0.